The summed E-state index contributed by atoms with van der Waals surface area (Å²) in [6, 6.07) is 14.6. The molecule has 154 valence electrons. The number of aromatic nitrogens is 1. The molecule has 1 N–H and O–H groups in total. The van der Waals surface area contributed by atoms with Crippen LogP contribution in [0.3, 0.4) is 0 Å². The SMILES string of the molecule is COc1ccccc1N1CC(C(=O)OC(C)C(=O)c2c[nH]c3ccccc23)CC1=O. The highest BCUT2D eigenvalue weighted by atomic mass is 16.5. The van der Waals surface area contributed by atoms with Crippen molar-refractivity contribution in [2.75, 3.05) is 18.6 Å². The van der Waals surface area contributed by atoms with E-state index in [4.69, 9.17) is 9.47 Å². The van der Waals surface area contributed by atoms with Gasteiger partial charge in [0.05, 0.1) is 18.7 Å². The van der Waals surface area contributed by atoms with Crippen molar-refractivity contribution in [3.63, 3.8) is 0 Å². The number of rotatable bonds is 6. The molecule has 1 aliphatic rings. The summed E-state index contributed by atoms with van der Waals surface area (Å²) in [6.45, 7) is 1.74. The van der Waals surface area contributed by atoms with Crippen molar-refractivity contribution >= 4 is 34.3 Å². The average Bonchev–Trinajstić information content (AvgIpc) is 3.36. The fourth-order valence-electron chi connectivity index (χ4n) is 3.77. The third-order valence-corrected chi connectivity index (χ3v) is 5.35. The minimum absolute atomic E-state index is 0.0326. The van der Waals surface area contributed by atoms with Gasteiger partial charge in [-0.05, 0) is 25.1 Å². The number of amides is 1. The van der Waals surface area contributed by atoms with Gasteiger partial charge >= 0.3 is 5.97 Å². The molecule has 3 aromatic rings. The molecule has 0 radical (unpaired) electrons. The number of anilines is 1. The highest BCUT2D eigenvalue weighted by molar-refractivity contribution is 6.10. The molecule has 1 aliphatic heterocycles. The summed E-state index contributed by atoms with van der Waals surface area (Å²) < 4.78 is 10.8. The number of esters is 1. The maximum atomic E-state index is 12.8. The third-order valence-electron chi connectivity index (χ3n) is 5.35. The lowest BCUT2D eigenvalue weighted by Crippen LogP contribution is -2.30. The van der Waals surface area contributed by atoms with E-state index in [2.05, 4.69) is 4.98 Å². The molecule has 7 nitrogen and oxygen atoms in total. The van der Waals surface area contributed by atoms with Gasteiger partial charge in [0.1, 0.15) is 5.75 Å². The van der Waals surface area contributed by atoms with E-state index in [-0.39, 0.29) is 24.7 Å². The van der Waals surface area contributed by atoms with Gasteiger partial charge in [0.2, 0.25) is 11.7 Å². The lowest BCUT2D eigenvalue weighted by Gasteiger charge is -2.19. The Kier molecular flexibility index (Phi) is 5.27. The molecule has 4 rings (SSSR count). The van der Waals surface area contributed by atoms with Crippen molar-refractivity contribution in [1.82, 2.24) is 4.98 Å². The zero-order valence-corrected chi connectivity index (χ0v) is 16.8. The number of Topliss-reactive ketones (excluding diaryl/α,β-unsaturated/α-hetero) is 1. The summed E-state index contributed by atoms with van der Waals surface area (Å²) in [5.74, 6) is -1.10. The van der Waals surface area contributed by atoms with Crippen LogP contribution in [0.25, 0.3) is 10.9 Å². The molecule has 0 bridgehead atoms. The van der Waals surface area contributed by atoms with Gasteiger partial charge in [-0.15, -0.1) is 0 Å². The molecule has 7 heteroatoms. The maximum Gasteiger partial charge on any atom is 0.312 e. The number of para-hydroxylation sites is 3. The summed E-state index contributed by atoms with van der Waals surface area (Å²) in [6.07, 6.45) is 0.706. The van der Waals surface area contributed by atoms with Crippen molar-refractivity contribution in [1.29, 1.82) is 0 Å². The quantitative estimate of drug-likeness (QED) is 0.501. The zero-order chi connectivity index (χ0) is 21.3. The van der Waals surface area contributed by atoms with Gasteiger partial charge in [-0.1, -0.05) is 30.3 Å². The van der Waals surface area contributed by atoms with Crippen LogP contribution in [0.2, 0.25) is 0 Å². The summed E-state index contributed by atoms with van der Waals surface area (Å²) in [4.78, 5) is 42.6. The second-order valence-corrected chi connectivity index (χ2v) is 7.27. The third kappa shape index (κ3) is 3.54. The molecule has 0 saturated carbocycles. The number of carbonyl (C=O) groups excluding carboxylic acids is 3. The van der Waals surface area contributed by atoms with Crippen LogP contribution in [0, 0.1) is 5.92 Å². The average molecular weight is 406 g/mol. The molecule has 2 heterocycles. The fourth-order valence-corrected chi connectivity index (χ4v) is 3.77. The minimum Gasteiger partial charge on any atom is -0.495 e. The largest absolute Gasteiger partial charge is 0.495 e. The predicted octanol–water partition coefficient (Wildman–Crippen LogP) is 3.34. The van der Waals surface area contributed by atoms with Gasteiger partial charge in [-0.3, -0.25) is 14.4 Å². The standard InChI is InChI=1S/C23H22N2O5/c1-14(22(27)17-12-24-18-8-4-3-7-16(17)18)30-23(28)15-11-21(26)25(13-15)19-9-5-6-10-20(19)29-2/h3-10,12,14-15,24H,11,13H2,1-2H3. The summed E-state index contributed by atoms with van der Waals surface area (Å²) >= 11 is 0. The first kappa shape index (κ1) is 19.7. The van der Waals surface area contributed by atoms with Gasteiger partial charge in [-0.25, -0.2) is 0 Å². The first-order valence-corrected chi connectivity index (χ1v) is 9.73. The number of ketones is 1. The smallest absolute Gasteiger partial charge is 0.312 e. The number of methoxy groups -OCH3 is 1. The summed E-state index contributed by atoms with van der Waals surface area (Å²) in [7, 11) is 1.53. The number of carbonyl (C=O) groups is 3. The van der Waals surface area contributed by atoms with Crippen LogP contribution < -0.4 is 9.64 Å². The Hall–Kier alpha value is -3.61. The number of ether oxygens (including phenoxy) is 2. The molecule has 2 unspecified atom stereocenters. The van der Waals surface area contributed by atoms with E-state index in [1.165, 1.54) is 12.0 Å². The van der Waals surface area contributed by atoms with E-state index in [0.29, 0.717) is 17.0 Å². The number of H-pyrrole nitrogens is 1. The van der Waals surface area contributed by atoms with Crippen molar-refractivity contribution < 1.29 is 23.9 Å². The second kappa shape index (κ2) is 8.02. The monoisotopic (exact) mass is 406 g/mol. The van der Waals surface area contributed by atoms with E-state index in [0.717, 1.165) is 10.9 Å². The van der Waals surface area contributed by atoms with Crippen LogP contribution in [0.4, 0.5) is 5.69 Å². The van der Waals surface area contributed by atoms with Crippen molar-refractivity contribution in [2.24, 2.45) is 5.92 Å². The summed E-state index contributed by atoms with van der Waals surface area (Å²) in [5.41, 5.74) is 1.93. The summed E-state index contributed by atoms with van der Waals surface area (Å²) in [5, 5.41) is 0.781. The second-order valence-electron chi connectivity index (χ2n) is 7.27. The van der Waals surface area contributed by atoms with Crippen LogP contribution in [-0.4, -0.2) is 42.4 Å². The lowest BCUT2D eigenvalue weighted by atomic mass is 10.1. The van der Waals surface area contributed by atoms with Crippen LogP contribution in [0.5, 0.6) is 5.75 Å². The number of hydrogen-bond donors (Lipinski definition) is 1. The highest BCUT2D eigenvalue weighted by Crippen LogP contribution is 2.33. The number of nitrogens with one attached hydrogen (secondary N) is 1. The topological polar surface area (TPSA) is 88.7 Å². The Balaban J connectivity index is 1.45. The molecule has 1 aromatic heterocycles. The molecule has 2 atom stereocenters. The van der Waals surface area contributed by atoms with Crippen molar-refractivity contribution in [2.45, 2.75) is 19.4 Å². The number of benzene rings is 2. The Morgan fingerprint density at radius 3 is 2.67 bits per heavy atom. The van der Waals surface area contributed by atoms with E-state index >= 15 is 0 Å². The first-order valence-electron chi connectivity index (χ1n) is 9.73. The Labute approximate surface area is 173 Å². The van der Waals surface area contributed by atoms with Crippen LogP contribution in [0.15, 0.2) is 54.7 Å². The highest BCUT2D eigenvalue weighted by Gasteiger charge is 2.38. The first-order chi connectivity index (χ1) is 14.5. The van der Waals surface area contributed by atoms with Gasteiger partial charge in [-0.2, -0.15) is 0 Å². The number of hydrogen-bond acceptors (Lipinski definition) is 5. The normalized spacial score (nSPS) is 17.2. The van der Waals surface area contributed by atoms with E-state index in [1.807, 2.05) is 30.3 Å². The molecule has 1 amide bonds. The fraction of sp³-hybridized carbons (Fsp3) is 0.261. The Bertz CT molecular complexity index is 1120. The zero-order valence-electron chi connectivity index (χ0n) is 16.8. The van der Waals surface area contributed by atoms with Crippen LogP contribution in [-0.2, 0) is 14.3 Å². The van der Waals surface area contributed by atoms with Gasteiger partial charge in [0.25, 0.3) is 0 Å². The van der Waals surface area contributed by atoms with Gasteiger partial charge in [0, 0.05) is 35.6 Å². The number of fused-ring (bicyclic) bond motifs is 1. The van der Waals surface area contributed by atoms with Crippen molar-refractivity contribution in [3.05, 3.63) is 60.3 Å². The minimum atomic E-state index is -0.952. The Morgan fingerprint density at radius 1 is 1.13 bits per heavy atom. The molecular formula is C23H22N2O5. The Morgan fingerprint density at radius 2 is 1.87 bits per heavy atom. The molecule has 30 heavy (non-hydrogen) atoms. The number of aromatic amines is 1. The molecule has 2 aromatic carbocycles. The van der Waals surface area contributed by atoms with Gasteiger partial charge in [0.15, 0.2) is 6.10 Å². The predicted molar refractivity (Wildman–Crippen MR) is 112 cm³/mol. The lowest BCUT2D eigenvalue weighted by molar-refractivity contribution is -0.151. The molecule has 1 fully saturated rings. The van der Waals surface area contributed by atoms with E-state index in [9.17, 15) is 14.4 Å². The molecule has 1 saturated heterocycles. The number of nitrogens with zero attached hydrogens (tertiary/aromatic N) is 1. The van der Waals surface area contributed by atoms with E-state index in [1.54, 1.807) is 31.3 Å². The van der Waals surface area contributed by atoms with Gasteiger partial charge < -0.3 is 19.4 Å². The van der Waals surface area contributed by atoms with Crippen LogP contribution >= 0.6 is 0 Å². The molecular weight excluding hydrogens is 384 g/mol. The van der Waals surface area contributed by atoms with Crippen molar-refractivity contribution in [3.8, 4) is 5.75 Å². The van der Waals surface area contributed by atoms with Crippen LogP contribution in [0.1, 0.15) is 23.7 Å². The molecule has 0 spiro atoms. The maximum absolute atomic E-state index is 12.8. The van der Waals surface area contributed by atoms with E-state index < -0.39 is 18.0 Å². The molecule has 0 aliphatic carbocycles.